The molecule has 3 nitrogen and oxygen atoms in total. The van der Waals surface area contributed by atoms with Crippen molar-refractivity contribution in [1.82, 2.24) is 4.90 Å². The Labute approximate surface area is 156 Å². The summed E-state index contributed by atoms with van der Waals surface area (Å²) in [5, 5.41) is 4.07. The number of hydrogen-bond acceptors (Lipinski definition) is 2. The molecular formula is C19H19Cl2FN2O. The van der Waals surface area contributed by atoms with Gasteiger partial charge in [0.1, 0.15) is 5.82 Å². The summed E-state index contributed by atoms with van der Waals surface area (Å²) in [4.78, 5) is 14.5. The Morgan fingerprint density at radius 3 is 2.80 bits per heavy atom. The molecule has 1 saturated heterocycles. The molecule has 1 unspecified atom stereocenters. The Morgan fingerprint density at radius 2 is 2.04 bits per heavy atom. The molecule has 6 heteroatoms. The zero-order valence-corrected chi connectivity index (χ0v) is 15.4. The minimum Gasteiger partial charge on any atom is -0.378 e. The fourth-order valence-corrected chi connectivity index (χ4v) is 3.57. The SMILES string of the molecule is Cc1ccc(F)c(NC2CCCN(C(=O)c3ccc(Cl)cc3Cl)C2)c1. The van der Waals surface area contributed by atoms with Crippen molar-refractivity contribution in [2.24, 2.45) is 0 Å². The number of piperidine rings is 1. The number of carbonyl (C=O) groups excluding carboxylic acids is 1. The Morgan fingerprint density at radius 1 is 1.24 bits per heavy atom. The van der Waals surface area contributed by atoms with Crippen LogP contribution in [0.4, 0.5) is 10.1 Å². The first-order valence-electron chi connectivity index (χ1n) is 8.21. The first-order chi connectivity index (χ1) is 11.9. The lowest BCUT2D eigenvalue weighted by molar-refractivity contribution is 0.0715. The molecule has 25 heavy (non-hydrogen) atoms. The van der Waals surface area contributed by atoms with Gasteiger partial charge >= 0.3 is 0 Å². The van der Waals surface area contributed by atoms with Gasteiger partial charge in [0, 0.05) is 24.2 Å². The number of anilines is 1. The molecule has 1 fully saturated rings. The summed E-state index contributed by atoms with van der Waals surface area (Å²) in [6, 6.07) is 9.84. The first kappa shape index (κ1) is 18.0. The van der Waals surface area contributed by atoms with Crippen LogP contribution in [0, 0.1) is 12.7 Å². The van der Waals surface area contributed by atoms with Gasteiger partial charge in [-0.1, -0.05) is 29.3 Å². The average molecular weight is 381 g/mol. The number of nitrogens with one attached hydrogen (secondary N) is 1. The number of likely N-dealkylation sites (tertiary alicyclic amines) is 1. The third-order valence-electron chi connectivity index (χ3n) is 4.35. The Balaban J connectivity index is 1.72. The van der Waals surface area contributed by atoms with Gasteiger partial charge in [-0.3, -0.25) is 4.79 Å². The molecule has 0 saturated carbocycles. The topological polar surface area (TPSA) is 32.3 Å². The van der Waals surface area contributed by atoms with Gasteiger partial charge in [-0.05, 0) is 55.7 Å². The van der Waals surface area contributed by atoms with Crippen LogP contribution in [0.3, 0.4) is 0 Å². The smallest absolute Gasteiger partial charge is 0.255 e. The van der Waals surface area contributed by atoms with E-state index in [0.29, 0.717) is 34.4 Å². The second-order valence-electron chi connectivity index (χ2n) is 6.34. The van der Waals surface area contributed by atoms with Gasteiger partial charge in [-0.2, -0.15) is 0 Å². The van der Waals surface area contributed by atoms with E-state index in [4.69, 9.17) is 23.2 Å². The van der Waals surface area contributed by atoms with E-state index in [-0.39, 0.29) is 17.8 Å². The molecular weight excluding hydrogens is 362 g/mol. The molecule has 1 atom stereocenters. The molecule has 2 aromatic carbocycles. The number of amides is 1. The maximum Gasteiger partial charge on any atom is 0.255 e. The summed E-state index contributed by atoms with van der Waals surface area (Å²) in [6.07, 6.45) is 1.73. The standard InChI is InChI=1S/C19H19Cl2FN2O/c1-12-4-7-17(22)18(9-12)23-14-3-2-8-24(11-14)19(25)15-6-5-13(20)10-16(15)21/h4-7,9-10,14,23H,2-3,8,11H2,1H3. The van der Waals surface area contributed by atoms with Crippen LogP contribution in [0.5, 0.6) is 0 Å². The van der Waals surface area contributed by atoms with E-state index in [0.717, 1.165) is 18.4 Å². The number of carbonyl (C=O) groups is 1. The quantitative estimate of drug-likeness (QED) is 0.797. The Kier molecular flexibility index (Phi) is 5.50. The van der Waals surface area contributed by atoms with Crippen molar-refractivity contribution in [3.05, 3.63) is 63.4 Å². The van der Waals surface area contributed by atoms with Gasteiger partial charge in [0.05, 0.1) is 16.3 Å². The largest absolute Gasteiger partial charge is 0.378 e. The van der Waals surface area contributed by atoms with Crippen molar-refractivity contribution in [2.45, 2.75) is 25.8 Å². The molecule has 1 N–H and O–H groups in total. The number of aryl methyl sites for hydroxylation is 1. The van der Waals surface area contributed by atoms with Crippen LogP contribution in [0.2, 0.25) is 10.0 Å². The van der Waals surface area contributed by atoms with E-state index in [9.17, 15) is 9.18 Å². The summed E-state index contributed by atoms with van der Waals surface area (Å²) >= 11 is 12.0. The van der Waals surface area contributed by atoms with E-state index in [1.807, 2.05) is 6.92 Å². The van der Waals surface area contributed by atoms with Crippen LogP contribution in [0.25, 0.3) is 0 Å². The van der Waals surface area contributed by atoms with Crippen LogP contribution >= 0.6 is 23.2 Å². The highest BCUT2D eigenvalue weighted by Gasteiger charge is 2.26. The first-order valence-corrected chi connectivity index (χ1v) is 8.96. The van der Waals surface area contributed by atoms with E-state index in [2.05, 4.69) is 5.32 Å². The molecule has 0 aromatic heterocycles. The number of benzene rings is 2. The zero-order valence-electron chi connectivity index (χ0n) is 13.9. The number of rotatable bonds is 3. The van der Waals surface area contributed by atoms with E-state index in [1.54, 1.807) is 35.2 Å². The van der Waals surface area contributed by atoms with Crippen molar-refractivity contribution in [1.29, 1.82) is 0 Å². The van der Waals surface area contributed by atoms with E-state index in [1.165, 1.54) is 6.07 Å². The summed E-state index contributed by atoms with van der Waals surface area (Å²) in [5.74, 6) is -0.410. The number of hydrogen-bond donors (Lipinski definition) is 1. The molecule has 1 heterocycles. The van der Waals surface area contributed by atoms with Gasteiger partial charge in [0.2, 0.25) is 0 Å². The molecule has 0 spiro atoms. The normalized spacial score (nSPS) is 17.4. The predicted octanol–water partition coefficient (Wildman–Crippen LogP) is 5.16. The van der Waals surface area contributed by atoms with Crippen LogP contribution in [-0.2, 0) is 0 Å². The van der Waals surface area contributed by atoms with Crippen LogP contribution < -0.4 is 5.32 Å². The lowest BCUT2D eigenvalue weighted by Gasteiger charge is -2.34. The second kappa shape index (κ2) is 7.63. The van der Waals surface area contributed by atoms with Gasteiger partial charge in [0.15, 0.2) is 0 Å². The zero-order chi connectivity index (χ0) is 18.0. The van der Waals surface area contributed by atoms with Gasteiger partial charge in [0.25, 0.3) is 5.91 Å². The van der Waals surface area contributed by atoms with Crippen molar-refractivity contribution < 1.29 is 9.18 Å². The second-order valence-corrected chi connectivity index (χ2v) is 7.19. The fraction of sp³-hybridized carbons (Fsp3) is 0.316. The van der Waals surface area contributed by atoms with Crippen molar-refractivity contribution in [2.75, 3.05) is 18.4 Å². The number of nitrogens with zero attached hydrogens (tertiary/aromatic N) is 1. The van der Waals surface area contributed by atoms with E-state index >= 15 is 0 Å². The highest BCUT2D eigenvalue weighted by molar-refractivity contribution is 6.36. The summed E-state index contributed by atoms with van der Waals surface area (Å²) in [6.45, 7) is 3.08. The van der Waals surface area contributed by atoms with Gasteiger partial charge in [-0.25, -0.2) is 4.39 Å². The molecule has 1 aliphatic heterocycles. The molecule has 1 amide bonds. The average Bonchev–Trinajstić information content (AvgIpc) is 2.58. The lowest BCUT2D eigenvalue weighted by Crippen LogP contribution is -2.45. The third kappa shape index (κ3) is 4.25. The Hall–Kier alpha value is -1.78. The van der Waals surface area contributed by atoms with Crippen LogP contribution in [0.15, 0.2) is 36.4 Å². The van der Waals surface area contributed by atoms with Crippen LogP contribution in [0.1, 0.15) is 28.8 Å². The predicted molar refractivity (Wildman–Crippen MR) is 100 cm³/mol. The molecule has 2 aromatic rings. The minimum atomic E-state index is -0.283. The maximum absolute atomic E-state index is 14.0. The highest BCUT2D eigenvalue weighted by atomic mass is 35.5. The van der Waals surface area contributed by atoms with E-state index < -0.39 is 0 Å². The third-order valence-corrected chi connectivity index (χ3v) is 4.90. The van der Waals surface area contributed by atoms with Crippen molar-refractivity contribution >= 4 is 34.8 Å². The molecule has 3 rings (SSSR count). The molecule has 0 bridgehead atoms. The minimum absolute atomic E-state index is 0.0000701. The van der Waals surface area contributed by atoms with Crippen molar-refractivity contribution in [3.8, 4) is 0 Å². The van der Waals surface area contributed by atoms with Gasteiger partial charge in [-0.15, -0.1) is 0 Å². The molecule has 132 valence electrons. The van der Waals surface area contributed by atoms with Crippen LogP contribution in [-0.4, -0.2) is 29.9 Å². The molecule has 1 aliphatic rings. The highest BCUT2D eigenvalue weighted by Crippen LogP contribution is 2.25. The monoisotopic (exact) mass is 380 g/mol. The Bertz CT molecular complexity index is 797. The number of halogens is 3. The van der Waals surface area contributed by atoms with Crippen molar-refractivity contribution in [3.63, 3.8) is 0 Å². The summed E-state index contributed by atoms with van der Waals surface area (Å²) in [7, 11) is 0. The molecule has 0 aliphatic carbocycles. The summed E-state index contributed by atoms with van der Waals surface area (Å²) < 4.78 is 14.0. The van der Waals surface area contributed by atoms with Gasteiger partial charge < -0.3 is 10.2 Å². The lowest BCUT2D eigenvalue weighted by atomic mass is 10.0. The summed E-state index contributed by atoms with van der Waals surface area (Å²) in [5.41, 5.74) is 1.90. The fourth-order valence-electron chi connectivity index (χ4n) is 3.08. The molecule has 0 radical (unpaired) electrons. The maximum atomic E-state index is 14.0.